The van der Waals surface area contributed by atoms with Gasteiger partial charge in [0, 0.05) is 25.6 Å². The number of imidazole rings is 1. The lowest BCUT2D eigenvalue weighted by Gasteiger charge is -2.06. The number of nitrogens with one attached hydrogen (secondary N) is 1. The summed E-state index contributed by atoms with van der Waals surface area (Å²) in [4.78, 5) is 19.5. The minimum absolute atomic E-state index is 0.107. The van der Waals surface area contributed by atoms with Gasteiger partial charge >= 0.3 is 6.18 Å². The van der Waals surface area contributed by atoms with Crippen molar-refractivity contribution >= 4 is 22.6 Å². The Hall–Kier alpha value is -2.91. The van der Waals surface area contributed by atoms with Gasteiger partial charge in [0.05, 0.1) is 11.0 Å². The fourth-order valence-electron chi connectivity index (χ4n) is 2.42. The number of carbonyl (C=O) groups is 1. The first kappa shape index (κ1) is 16.9. The molecule has 132 valence electrons. The first-order chi connectivity index (χ1) is 11.7. The van der Waals surface area contributed by atoms with Gasteiger partial charge in [-0.2, -0.15) is 18.2 Å². The number of aryl methyl sites for hydroxylation is 3. The van der Waals surface area contributed by atoms with Crippen molar-refractivity contribution in [2.24, 2.45) is 7.05 Å². The molecule has 0 saturated carbocycles. The van der Waals surface area contributed by atoms with E-state index in [0.717, 1.165) is 4.57 Å². The lowest BCUT2D eigenvalue weighted by Crippen LogP contribution is -2.12. The molecule has 0 saturated heterocycles. The Bertz CT molecular complexity index is 929. The maximum Gasteiger partial charge on any atom is 0.449 e. The van der Waals surface area contributed by atoms with Crippen molar-refractivity contribution in [3.05, 3.63) is 35.7 Å². The number of halogens is 3. The smallest absolute Gasteiger partial charge is 0.339 e. The summed E-state index contributed by atoms with van der Waals surface area (Å²) in [6.07, 6.45) is -4.16. The number of aromatic nitrogens is 4. The van der Waals surface area contributed by atoms with E-state index in [-0.39, 0.29) is 24.3 Å². The van der Waals surface area contributed by atoms with Crippen molar-refractivity contribution in [2.75, 3.05) is 5.32 Å². The number of rotatable bonds is 4. The predicted molar refractivity (Wildman–Crippen MR) is 81.7 cm³/mol. The van der Waals surface area contributed by atoms with E-state index in [2.05, 4.69) is 20.4 Å². The molecule has 2 aromatic heterocycles. The molecule has 0 aliphatic heterocycles. The summed E-state index contributed by atoms with van der Waals surface area (Å²) in [6.45, 7) is 1.67. The van der Waals surface area contributed by atoms with E-state index >= 15 is 0 Å². The second-order valence-electron chi connectivity index (χ2n) is 5.48. The fourth-order valence-corrected chi connectivity index (χ4v) is 2.42. The van der Waals surface area contributed by atoms with Gasteiger partial charge in [0.2, 0.25) is 17.6 Å². The molecule has 0 atom stereocenters. The molecule has 0 unspecified atom stereocenters. The van der Waals surface area contributed by atoms with Gasteiger partial charge in [-0.3, -0.25) is 4.79 Å². The second kappa shape index (κ2) is 6.19. The van der Waals surface area contributed by atoms with E-state index in [1.165, 1.54) is 25.2 Å². The van der Waals surface area contributed by atoms with Crippen molar-refractivity contribution in [1.29, 1.82) is 0 Å². The topological polar surface area (TPSA) is 85.8 Å². The van der Waals surface area contributed by atoms with Crippen LogP contribution in [0, 0.1) is 6.92 Å². The third-order valence-corrected chi connectivity index (χ3v) is 3.55. The zero-order chi connectivity index (χ0) is 18.2. The number of benzene rings is 1. The van der Waals surface area contributed by atoms with Gasteiger partial charge in [-0.1, -0.05) is 5.16 Å². The third-order valence-electron chi connectivity index (χ3n) is 3.55. The Morgan fingerprint density at radius 2 is 2.08 bits per heavy atom. The number of alkyl halides is 3. The van der Waals surface area contributed by atoms with Crippen molar-refractivity contribution in [1.82, 2.24) is 19.7 Å². The van der Waals surface area contributed by atoms with Crippen LogP contribution in [0.5, 0.6) is 0 Å². The first-order valence-corrected chi connectivity index (χ1v) is 7.37. The van der Waals surface area contributed by atoms with E-state index < -0.39 is 12.0 Å². The summed E-state index contributed by atoms with van der Waals surface area (Å²) in [5.41, 5.74) is 0.845. The molecule has 7 nitrogen and oxygen atoms in total. The molecule has 0 bridgehead atoms. The molecular weight excluding hydrogens is 339 g/mol. The molecule has 0 aliphatic rings. The van der Waals surface area contributed by atoms with Crippen LogP contribution in [-0.2, 0) is 24.4 Å². The van der Waals surface area contributed by atoms with Gasteiger partial charge in [-0.25, -0.2) is 4.98 Å². The van der Waals surface area contributed by atoms with Crippen LogP contribution >= 0.6 is 0 Å². The lowest BCUT2D eigenvalue weighted by molar-refractivity contribution is -0.146. The van der Waals surface area contributed by atoms with E-state index in [9.17, 15) is 18.0 Å². The van der Waals surface area contributed by atoms with Crippen molar-refractivity contribution in [2.45, 2.75) is 25.9 Å². The molecule has 0 radical (unpaired) electrons. The maximum absolute atomic E-state index is 12.9. The second-order valence-corrected chi connectivity index (χ2v) is 5.48. The van der Waals surface area contributed by atoms with E-state index in [4.69, 9.17) is 4.52 Å². The van der Waals surface area contributed by atoms with Gasteiger partial charge in [-0.05, 0) is 25.1 Å². The molecule has 0 aliphatic carbocycles. The van der Waals surface area contributed by atoms with Crippen LogP contribution in [0.4, 0.5) is 18.9 Å². The summed E-state index contributed by atoms with van der Waals surface area (Å²) < 4.78 is 44.5. The molecule has 3 rings (SSSR count). The predicted octanol–water partition coefficient (Wildman–Crippen LogP) is 2.85. The van der Waals surface area contributed by atoms with Crippen LogP contribution in [0.1, 0.15) is 24.0 Å². The summed E-state index contributed by atoms with van der Waals surface area (Å²) in [7, 11) is 1.29. The average molecular weight is 353 g/mol. The molecule has 0 spiro atoms. The maximum atomic E-state index is 12.9. The first-order valence-electron chi connectivity index (χ1n) is 7.37. The average Bonchev–Trinajstić information content (AvgIpc) is 3.08. The standard InChI is InChI=1S/C15H14F3N5O2/c1-8-19-13(25-22-8)6-5-12(24)20-9-3-4-11-10(7-9)21-14(23(11)2)15(16,17)18/h3-4,7H,5-6H2,1-2H3,(H,20,24). The molecular formula is C15H14F3N5O2. The van der Waals surface area contributed by atoms with E-state index in [1.807, 2.05) is 0 Å². The van der Waals surface area contributed by atoms with Crippen molar-refractivity contribution < 1.29 is 22.5 Å². The number of amides is 1. The zero-order valence-electron chi connectivity index (χ0n) is 13.4. The van der Waals surface area contributed by atoms with Gasteiger partial charge in [0.15, 0.2) is 5.82 Å². The highest BCUT2D eigenvalue weighted by molar-refractivity contribution is 5.93. The number of hydrogen-bond donors (Lipinski definition) is 1. The van der Waals surface area contributed by atoms with Crippen LogP contribution in [0.3, 0.4) is 0 Å². The molecule has 1 N–H and O–H groups in total. The molecule has 1 amide bonds. The van der Waals surface area contributed by atoms with Gasteiger partial charge in [0.25, 0.3) is 0 Å². The van der Waals surface area contributed by atoms with Crippen LogP contribution < -0.4 is 5.32 Å². The fraction of sp³-hybridized carbons (Fsp3) is 0.333. The molecule has 10 heteroatoms. The highest BCUT2D eigenvalue weighted by atomic mass is 19.4. The number of fused-ring (bicyclic) bond motifs is 1. The Kier molecular flexibility index (Phi) is 4.19. The minimum Gasteiger partial charge on any atom is -0.339 e. The normalized spacial score (nSPS) is 11.9. The van der Waals surface area contributed by atoms with Crippen molar-refractivity contribution in [3.63, 3.8) is 0 Å². The third kappa shape index (κ3) is 3.62. The summed E-state index contributed by atoms with van der Waals surface area (Å²) in [6, 6.07) is 4.41. The van der Waals surface area contributed by atoms with Crippen molar-refractivity contribution in [3.8, 4) is 0 Å². The van der Waals surface area contributed by atoms with E-state index in [0.29, 0.717) is 22.9 Å². The van der Waals surface area contributed by atoms with Gasteiger partial charge < -0.3 is 14.4 Å². The lowest BCUT2D eigenvalue weighted by atomic mass is 10.2. The van der Waals surface area contributed by atoms with Crippen LogP contribution in [-0.4, -0.2) is 25.6 Å². The number of nitrogens with zero attached hydrogens (tertiary/aromatic N) is 4. The highest BCUT2D eigenvalue weighted by Crippen LogP contribution is 2.31. The number of carbonyl (C=O) groups excluding carboxylic acids is 1. The van der Waals surface area contributed by atoms with Gasteiger partial charge in [0.1, 0.15) is 0 Å². The van der Waals surface area contributed by atoms with Crippen LogP contribution in [0.2, 0.25) is 0 Å². The number of anilines is 1. The summed E-state index contributed by atoms with van der Waals surface area (Å²) in [5, 5.41) is 6.24. The monoisotopic (exact) mass is 353 g/mol. The molecule has 2 heterocycles. The largest absolute Gasteiger partial charge is 0.449 e. The van der Waals surface area contributed by atoms with Crippen LogP contribution in [0.15, 0.2) is 22.7 Å². The number of hydrogen-bond acceptors (Lipinski definition) is 5. The Balaban J connectivity index is 1.72. The Morgan fingerprint density at radius 3 is 2.72 bits per heavy atom. The Morgan fingerprint density at radius 1 is 1.32 bits per heavy atom. The molecule has 0 fully saturated rings. The summed E-state index contributed by atoms with van der Waals surface area (Å²) >= 11 is 0. The molecule has 25 heavy (non-hydrogen) atoms. The molecule has 3 aromatic rings. The Labute approximate surface area is 139 Å². The SMILES string of the molecule is Cc1noc(CCC(=O)Nc2ccc3c(c2)nc(C(F)(F)F)n3C)n1. The molecule has 1 aromatic carbocycles. The zero-order valence-corrected chi connectivity index (χ0v) is 13.4. The van der Waals surface area contributed by atoms with E-state index in [1.54, 1.807) is 6.92 Å². The van der Waals surface area contributed by atoms with Crippen LogP contribution in [0.25, 0.3) is 11.0 Å². The van der Waals surface area contributed by atoms with Gasteiger partial charge in [-0.15, -0.1) is 0 Å². The highest BCUT2D eigenvalue weighted by Gasteiger charge is 2.36. The quantitative estimate of drug-likeness (QED) is 0.779. The summed E-state index contributed by atoms with van der Waals surface area (Å²) in [5.74, 6) is -0.473. The minimum atomic E-state index is -4.54.